The Labute approximate surface area is 223 Å². The number of ether oxygens (including phenoxy) is 2. The van der Waals surface area contributed by atoms with Gasteiger partial charge in [0.15, 0.2) is 28.2 Å². The molecule has 1 aliphatic rings. The van der Waals surface area contributed by atoms with Crippen molar-refractivity contribution >= 4 is 45.5 Å². The van der Waals surface area contributed by atoms with Gasteiger partial charge in [0, 0.05) is 28.6 Å². The van der Waals surface area contributed by atoms with Crippen molar-refractivity contribution in [2.24, 2.45) is 5.92 Å². The highest BCUT2D eigenvalue weighted by molar-refractivity contribution is 7.13. The molecule has 0 saturated heterocycles. The van der Waals surface area contributed by atoms with Crippen molar-refractivity contribution in [1.82, 2.24) is 25.1 Å². The maximum atomic E-state index is 11.4. The summed E-state index contributed by atoms with van der Waals surface area (Å²) in [6.07, 6.45) is 5.45. The molecule has 1 fully saturated rings. The molecule has 1 amide bonds. The van der Waals surface area contributed by atoms with Gasteiger partial charge in [-0.15, -0.1) is 11.3 Å². The number of aromatic amines is 1. The number of carbonyl (C=O) groups is 1. The van der Waals surface area contributed by atoms with Gasteiger partial charge in [-0.25, -0.2) is 15.0 Å². The van der Waals surface area contributed by atoms with Gasteiger partial charge in [-0.3, -0.25) is 9.89 Å². The Morgan fingerprint density at radius 2 is 1.92 bits per heavy atom. The number of fused-ring (bicyclic) bond motifs is 1. The van der Waals surface area contributed by atoms with E-state index in [4.69, 9.17) is 9.47 Å². The van der Waals surface area contributed by atoms with Crippen LogP contribution in [0.15, 0.2) is 66.3 Å². The molecule has 3 N–H and O–H groups in total. The molecule has 3 aromatic heterocycles. The number of aromatic nitrogens is 5. The number of amides is 1. The summed E-state index contributed by atoms with van der Waals surface area (Å²) in [7, 11) is 1.62. The fourth-order valence-corrected chi connectivity index (χ4v) is 4.17. The van der Waals surface area contributed by atoms with E-state index in [1.807, 2.05) is 60.8 Å². The third kappa shape index (κ3) is 6.06. The molecule has 3 heterocycles. The minimum absolute atomic E-state index is 0.134. The molecular weight excluding hydrogens is 502 g/mol. The Morgan fingerprint density at radius 3 is 2.63 bits per heavy atom. The average molecular weight is 530 g/mol. The maximum absolute atomic E-state index is 11.4. The molecule has 6 rings (SSSR count). The Kier molecular flexibility index (Phi) is 7.74. The number of rotatable bonds is 8. The van der Waals surface area contributed by atoms with Gasteiger partial charge >= 0.3 is 0 Å². The van der Waals surface area contributed by atoms with Crippen molar-refractivity contribution in [2.75, 3.05) is 24.4 Å². The van der Waals surface area contributed by atoms with E-state index in [9.17, 15) is 4.79 Å². The molecule has 0 atom stereocenters. The van der Waals surface area contributed by atoms with E-state index in [0.29, 0.717) is 29.8 Å². The Hall–Kier alpha value is -4.51. The molecule has 10 nitrogen and oxygen atoms in total. The summed E-state index contributed by atoms with van der Waals surface area (Å²) in [6.45, 7) is 2.44. The second-order valence-corrected chi connectivity index (χ2v) is 9.31. The standard InChI is InChI=1S/C16H14N6OS.C11H13NO2/c1-2-23-12-9-18-15(16-17-7-8-24-16)20-14(12)19-13-10-5-3-4-6-11(10)21-22-13;1-14-10-6-4-9(5-7-10)12-11(13)8-2-3-8/h3-9H,2H2,1H3,(H2,18,19,20,21,22);4-8H,2-3H2,1H3,(H,12,13). The fraction of sp³-hybridized carbons (Fsp3) is 0.222. The van der Waals surface area contributed by atoms with E-state index in [0.717, 1.165) is 40.2 Å². The van der Waals surface area contributed by atoms with Gasteiger partial charge < -0.3 is 20.1 Å². The summed E-state index contributed by atoms with van der Waals surface area (Å²) in [6, 6.07) is 15.3. The van der Waals surface area contributed by atoms with E-state index in [1.165, 1.54) is 11.3 Å². The number of hydrogen-bond acceptors (Lipinski definition) is 9. The van der Waals surface area contributed by atoms with E-state index in [1.54, 1.807) is 19.5 Å². The molecule has 2 aromatic carbocycles. The topological polar surface area (TPSA) is 127 Å². The van der Waals surface area contributed by atoms with Crippen LogP contribution in [0.25, 0.3) is 21.7 Å². The number of nitrogens with one attached hydrogen (secondary N) is 3. The van der Waals surface area contributed by atoms with Gasteiger partial charge in [-0.05, 0) is 56.2 Å². The SMILES string of the molecule is CCOc1cnc(-c2nccs2)nc1Nc1n[nH]c2ccccc12.COc1ccc(NC(=O)C2CC2)cc1. The zero-order chi connectivity index (χ0) is 26.3. The number of carbonyl (C=O) groups excluding carboxylic acids is 1. The van der Waals surface area contributed by atoms with Crippen LogP contribution in [0, 0.1) is 5.92 Å². The van der Waals surface area contributed by atoms with Crippen LogP contribution in [0.4, 0.5) is 17.3 Å². The van der Waals surface area contributed by atoms with Gasteiger partial charge in [0.1, 0.15) is 5.75 Å². The Bertz CT molecular complexity index is 1500. The zero-order valence-corrected chi connectivity index (χ0v) is 21.8. The maximum Gasteiger partial charge on any atom is 0.227 e. The van der Waals surface area contributed by atoms with Gasteiger partial charge in [0.2, 0.25) is 5.91 Å². The van der Waals surface area contributed by atoms with Gasteiger partial charge in [-0.1, -0.05) is 12.1 Å². The van der Waals surface area contributed by atoms with E-state index < -0.39 is 0 Å². The summed E-state index contributed by atoms with van der Waals surface area (Å²) in [5.74, 6) is 3.56. The first kappa shape index (κ1) is 25.2. The summed E-state index contributed by atoms with van der Waals surface area (Å²) in [4.78, 5) is 24.5. The summed E-state index contributed by atoms with van der Waals surface area (Å²) in [5, 5.41) is 17.0. The number of methoxy groups -OCH3 is 1. The molecular formula is C27H27N7O3S. The Morgan fingerprint density at radius 1 is 1.11 bits per heavy atom. The molecule has 1 saturated carbocycles. The van der Waals surface area contributed by atoms with Crippen molar-refractivity contribution in [3.8, 4) is 22.3 Å². The number of nitrogens with zero attached hydrogens (tertiary/aromatic N) is 4. The number of para-hydroxylation sites is 1. The fourth-order valence-electron chi connectivity index (χ4n) is 3.59. The van der Waals surface area contributed by atoms with Crippen LogP contribution in [0.5, 0.6) is 11.5 Å². The first-order valence-corrected chi connectivity index (χ1v) is 13.1. The number of anilines is 3. The minimum Gasteiger partial charge on any atom is -0.497 e. The average Bonchev–Trinajstić information content (AvgIpc) is 3.51. The van der Waals surface area contributed by atoms with Crippen LogP contribution in [0.2, 0.25) is 0 Å². The molecule has 0 spiro atoms. The van der Waals surface area contributed by atoms with E-state index >= 15 is 0 Å². The van der Waals surface area contributed by atoms with Crippen LogP contribution in [-0.2, 0) is 4.79 Å². The number of H-pyrrole nitrogens is 1. The molecule has 0 bridgehead atoms. The molecule has 0 unspecified atom stereocenters. The zero-order valence-electron chi connectivity index (χ0n) is 21.0. The van der Waals surface area contributed by atoms with Crippen molar-refractivity contribution in [3.63, 3.8) is 0 Å². The number of hydrogen-bond donors (Lipinski definition) is 3. The lowest BCUT2D eigenvalue weighted by atomic mass is 10.2. The van der Waals surface area contributed by atoms with Gasteiger partial charge in [0.25, 0.3) is 0 Å². The first-order chi connectivity index (χ1) is 18.6. The molecule has 1 aliphatic carbocycles. The first-order valence-electron chi connectivity index (χ1n) is 12.2. The monoisotopic (exact) mass is 529 g/mol. The quantitative estimate of drug-likeness (QED) is 0.235. The molecule has 194 valence electrons. The van der Waals surface area contributed by atoms with Crippen molar-refractivity contribution in [2.45, 2.75) is 19.8 Å². The Balaban J connectivity index is 0.000000179. The molecule has 5 aromatic rings. The predicted molar refractivity (Wildman–Crippen MR) is 148 cm³/mol. The normalized spacial score (nSPS) is 12.4. The third-order valence-corrected chi connectivity index (χ3v) is 6.46. The highest BCUT2D eigenvalue weighted by Gasteiger charge is 2.29. The summed E-state index contributed by atoms with van der Waals surface area (Å²) >= 11 is 1.49. The smallest absolute Gasteiger partial charge is 0.227 e. The molecule has 38 heavy (non-hydrogen) atoms. The highest BCUT2D eigenvalue weighted by atomic mass is 32.1. The van der Waals surface area contributed by atoms with Crippen LogP contribution in [-0.4, -0.2) is 44.8 Å². The lowest BCUT2D eigenvalue weighted by molar-refractivity contribution is -0.117. The van der Waals surface area contributed by atoms with Crippen LogP contribution >= 0.6 is 11.3 Å². The van der Waals surface area contributed by atoms with Crippen molar-refractivity contribution in [3.05, 3.63) is 66.3 Å². The van der Waals surface area contributed by atoms with Crippen LogP contribution in [0.3, 0.4) is 0 Å². The van der Waals surface area contributed by atoms with Crippen molar-refractivity contribution in [1.29, 1.82) is 0 Å². The number of benzene rings is 2. The largest absolute Gasteiger partial charge is 0.497 e. The minimum atomic E-state index is 0.134. The highest BCUT2D eigenvalue weighted by Crippen LogP contribution is 2.31. The lowest BCUT2D eigenvalue weighted by Gasteiger charge is -2.10. The number of thiazole rings is 1. The molecule has 0 radical (unpaired) electrons. The van der Waals surface area contributed by atoms with Gasteiger partial charge in [0.05, 0.1) is 25.4 Å². The summed E-state index contributed by atoms with van der Waals surface area (Å²) < 4.78 is 10.6. The third-order valence-electron chi connectivity index (χ3n) is 5.69. The molecule has 11 heteroatoms. The molecule has 0 aliphatic heterocycles. The predicted octanol–water partition coefficient (Wildman–Crippen LogP) is 5.66. The van der Waals surface area contributed by atoms with Crippen LogP contribution < -0.4 is 20.1 Å². The second-order valence-electron chi connectivity index (χ2n) is 8.41. The van der Waals surface area contributed by atoms with E-state index in [2.05, 4.69) is 35.8 Å². The summed E-state index contributed by atoms with van der Waals surface area (Å²) in [5.41, 5.74) is 1.79. The van der Waals surface area contributed by atoms with E-state index in [-0.39, 0.29) is 11.8 Å². The van der Waals surface area contributed by atoms with Gasteiger partial charge in [-0.2, -0.15) is 5.10 Å². The second kappa shape index (κ2) is 11.7. The van der Waals surface area contributed by atoms with Crippen LogP contribution in [0.1, 0.15) is 19.8 Å². The van der Waals surface area contributed by atoms with Crippen molar-refractivity contribution < 1.29 is 14.3 Å². The lowest BCUT2D eigenvalue weighted by Crippen LogP contribution is -2.12.